The van der Waals surface area contributed by atoms with Crippen LogP contribution in [-0.2, 0) is 4.74 Å². The molecule has 1 saturated carbocycles. The Morgan fingerprint density at radius 3 is 3.11 bits per heavy atom. The van der Waals surface area contributed by atoms with Crippen LogP contribution in [0.1, 0.15) is 23.2 Å². The number of carbonyl (C=O) groups excluding carboxylic acids is 1. The van der Waals surface area contributed by atoms with Gasteiger partial charge in [0.2, 0.25) is 0 Å². The molecule has 4 nitrogen and oxygen atoms in total. The van der Waals surface area contributed by atoms with E-state index in [0.717, 1.165) is 19.4 Å². The summed E-state index contributed by atoms with van der Waals surface area (Å²) in [6.07, 6.45) is 2.07. The number of fused-ring (bicyclic) bond motifs is 1. The van der Waals surface area contributed by atoms with Gasteiger partial charge in [-0.2, -0.15) is 0 Å². The maximum atomic E-state index is 14.0. The van der Waals surface area contributed by atoms with Crippen molar-refractivity contribution < 1.29 is 18.7 Å². The third-order valence-corrected chi connectivity index (χ3v) is 4.01. The highest BCUT2D eigenvalue weighted by Crippen LogP contribution is 2.38. The number of nitrogens with one attached hydrogen (secondary N) is 1. The molecular formula is C14H16FNO3. The van der Waals surface area contributed by atoms with E-state index in [1.807, 2.05) is 0 Å². The van der Waals surface area contributed by atoms with Crippen LogP contribution in [0.5, 0.6) is 5.75 Å². The predicted molar refractivity (Wildman–Crippen MR) is 66.7 cm³/mol. The number of rotatable bonds is 3. The first-order valence-corrected chi connectivity index (χ1v) is 6.45. The van der Waals surface area contributed by atoms with Gasteiger partial charge in [-0.15, -0.1) is 0 Å². The van der Waals surface area contributed by atoms with Gasteiger partial charge in [-0.1, -0.05) is 6.07 Å². The zero-order chi connectivity index (χ0) is 13.4. The average Bonchev–Trinajstić information content (AvgIpc) is 2.77. The zero-order valence-electron chi connectivity index (χ0n) is 10.7. The second-order valence-electron chi connectivity index (χ2n) is 5.00. The Hall–Kier alpha value is -1.62. The second kappa shape index (κ2) is 4.81. The van der Waals surface area contributed by atoms with Crippen molar-refractivity contribution in [2.45, 2.75) is 25.0 Å². The molecular weight excluding hydrogens is 249 g/mol. The lowest BCUT2D eigenvalue weighted by Gasteiger charge is -2.39. The van der Waals surface area contributed by atoms with E-state index >= 15 is 0 Å². The lowest BCUT2D eigenvalue weighted by atomic mass is 9.76. The van der Waals surface area contributed by atoms with E-state index in [0.29, 0.717) is 5.92 Å². The van der Waals surface area contributed by atoms with Crippen molar-refractivity contribution in [2.24, 2.45) is 5.92 Å². The van der Waals surface area contributed by atoms with Crippen LogP contribution in [0, 0.1) is 11.7 Å². The molecule has 1 amide bonds. The van der Waals surface area contributed by atoms with Crippen molar-refractivity contribution in [3.63, 3.8) is 0 Å². The quantitative estimate of drug-likeness (QED) is 0.905. The molecule has 1 saturated heterocycles. The Kier molecular flexibility index (Phi) is 3.14. The van der Waals surface area contributed by atoms with E-state index in [-0.39, 0.29) is 29.4 Å². The number of hydrogen-bond acceptors (Lipinski definition) is 3. The molecule has 1 aliphatic carbocycles. The molecule has 1 heterocycles. The van der Waals surface area contributed by atoms with Crippen LogP contribution in [0.15, 0.2) is 18.2 Å². The molecule has 19 heavy (non-hydrogen) atoms. The topological polar surface area (TPSA) is 47.6 Å². The predicted octanol–water partition coefficient (Wildman–Crippen LogP) is 1.74. The van der Waals surface area contributed by atoms with Crippen molar-refractivity contribution >= 4 is 5.91 Å². The first-order valence-electron chi connectivity index (χ1n) is 6.45. The van der Waals surface area contributed by atoms with E-state index in [1.54, 1.807) is 6.07 Å². The number of hydrogen-bond donors (Lipinski definition) is 1. The van der Waals surface area contributed by atoms with Crippen molar-refractivity contribution in [3.8, 4) is 5.75 Å². The lowest BCUT2D eigenvalue weighted by molar-refractivity contribution is 0.00804. The molecule has 1 aliphatic heterocycles. The number of carbonyl (C=O) groups is 1. The summed E-state index contributed by atoms with van der Waals surface area (Å²) in [4.78, 5) is 12.1. The Balaban J connectivity index is 1.71. The molecule has 1 aromatic rings. The van der Waals surface area contributed by atoms with Crippen LogP contribution in [0.3, 0.4) is 0 Å². The standard InChI is InChI=1S/C14H16FNO3/c1-18-11-4-2-3-9(13(11)15)14(17)16-10-7-12-8(10)5-6-19-12/h2-4,8,10,12H,5-7H2,1H3,(H,16,17)/t8-,10-,12+/m1/s1. The van der Waals surface area contributed by atoms with Gasteiger partial charge < -0.3 is 14.8 Å². The van der Waals surface area contributed by atoms with Gasteiger partial charge in [-0.3, -0.25) is 4.79 Å². The van der Waals surface area contributed by atoms with Crippen LogP contribution < -0.4 is 10.1 Å². The minimum Gasteiger partial charge on any atom is -0.494 e. The molecule has 0 spiro atoms. The number of ether oxygens (including phenoxy) is 2. The molecule has 0 unspecified atom stereocenters. The van der Waals surface area contributed by atoms with Gasteiger partial charge in [0, 0.05) is 18.6 Å². The number of halogens is 1. The van der Waals surface area contributed by atoms with E-state index in [9.17, 15) is 9.18 Å². The summed E-state index contributed by atoms with van der Waals surface area (Å²) < 4.78 is 24.3. The molecule has 2 aliphatic rings. The molecule has 0 aromatic heterocycles. The highest BCUT2D eigenvalue weighted by molar-refractivity contribution is 5.95. The molecule has 2 fully saturated rings. The Bertz CT molecular complexity index is 505. The third kappa shape index (κ3) is 2.08. The van der Waals surface area contributed by atoms with Gasteiger partial charge in [-0.05, 0) is 25.0 Å². The molecule has 0 radical (unpaired) electrons. The monoisotopic (exact) mass is 265 g/mol. The largest absolute Gasteiger partial charge is 0.494 e. The minimum absolute atomic E-state index is 0.0294. The van der Waals surface area contributed by atoms with E-state index in [2.05, 4.69) is 5.32 Å². The van der Waals surface area contributed by atoms with Gasteiger partial charge in [0.05, 0.1) is 18.8 Å². The summed E-state index contributed by atoms with van der Waals surface area (Å²) in [6.45, 7) is 0.759. The first kappa shape index (κ1) is 12.4. The molecule has 102 valence electrons. The Morgan fingerprint density at radius 2 is 2.37 bits per heavy atom. The van der Waals surface area contributed by atoms with Crippen LogP contribution >= 0.6 is 0 Å². The van der Waals surface area contributed by atoms with Gasteiger partial charge in [0.25, 0.3) is 5.91 Å². The Morgan fingerprint density at radius 1 is 1.53 bits per heavy atom. The van der Waals surface area contributed by atoms with E-state index < -0.39 is 5.82 Å². The van der Waals surface area contributed by atoms with Gasteiger partial charge in [0.15, 0.2) is 11.6 Å². The molecule has 5 heteroatoms. The third-order valence-electron chi connectivity index (χ3n) is 4.01. The van der Waals surface area contributed by atoms with Crippen LogP contribution in [0.2, 0.25) is 0 Å². The highest BCUT2D eigenvalue weighted by atomic mass is 19.1. The average molecular weight is 265 g/mol. The fourth-order valence-electron chi connectivity index (χ4n) is 2.85. The fraction of sp³-hybridized carbons (Fsp3) is 0.500. The molecule has 3 rings (SSSR count). The van der Waals surface area contributed by atoms with E-state index in [1.165, 1.54) is 19.2 Å². The SMILES string of the molecule is COc1cccc(C(=O)N[C@@H]2C[C@@H]3OCC[C@@H]32)c1F. The number of benzene rings is 1. The van der Waals surface area contributed by atoms with Crippen molar-refractivity contribution in [1.82, 2.24) is 5.32 Å². The summed E-state index contributed by atoms with van der Waals surface area (Å²) >= 11 is 0. The Labute approximate surface area is 110 Å². The van der Waals surface area contributed by atoms with Gasteiger partial charge >= 0.3 is 0 Å². The van der Waals surface area contributed by atoms with E-state index in [4.69, 9.17) is 9.47 Å². The highest BCUT2D eigenvalue weighted by Gasteiger charge is 2.45. The van der Waals surface area contributed by atoms with Crippen LogP contribution in [-0.4, -0.2) is 31.8 Å². The van der Waals surface area contributed by atoms with Crippen LogP contribution in [0.4, 0.5) is 4.39 Å². The minimum atomic E-state index is -0.610. The molecule has 1 aromatic carbocycles. The maximum Gasteiger partial charge on any atom is 0.254 e. The van der Waals surface area contributed by atoms with Gasteiger partial charge in [-0.25, -0.2) is 4.39 Å². The van der Waals surface area contributed by atoms with Crippen molar-refractivity contribution in [3.05, 3.63) is 29.6 Å². The smallest absolute Gasteiger partial charge is 0.254 e. The zero-order valence-corrected chi connectivity index (χ0v) is 10.7. The summed E-state index contributed by atoms with van der Waals surface area (Å²) in [6, 6.07) is 4.68. The molecule has 3 atom stereocenters. The van der Waals surface area contributed by atoms with Crippen LogP contribution in [0.25, 0.3) is 0 Å². The number of methoxy groups -OCH3 is 1. The summed E-state index contributed by atoms with van der Waals surface area (Å²) in [7, 11) is 1.38. The van der Waals surface area contributed by atoms with Gasteiger partial charge in [0.1, 0.15) is 0 Å². The second-order valence-corrected chi connectivity index (χ2v) is 5.00. The van der Waals surface area contributed by atoms with Crippen molar-refractivity contribution in [1.29, 1.82) is 0 Å². The first-order chi connectivity index (χ1) is 9.20. The fourth-order valence-corrected chi connectivity index (χ4v) is 2.85. The molecule has 1 N–H and O–H groups in total. The number of amides is 1. The molecule has 0 bridgehead atoms. The summed E-state index contributed by atoms with van der Waals surface area (Å²) in [5, 5.41) is 2.88. The summed E-state index contributed by atoms with van der Waals surface area (Å²) in [5.41, 5.74) is 0.0294. The van der Waals surface area contributed by atoms with Crippen molar-refractivity contribution in [2.75, 3.05) is 13.7 Å². The normalized spacial score (nSPS) is 28.4. The maximum absolute atomic E-state index is 14.0. The summed E-state index contributed by atoms with van der Waals surface area (Å²) in [5.74, 6) is -0.520. The lowest BCUT2D eigenvalue weighted by Crippen LogP contribution is -2.53.